The Hall–Kier alpha value is -2.21. The van der Waals surface area contributed by atoms with Gasteiger partial charge in [-0.25, -0.2) is 4.79 Å². The fourth-order valence-electron chi connectivity index (χ4n) is 3.88. The monoisotopic (exact) mass is 441 g/mol. The van der Waals surface area contributed by atoms with E-state index in [2.05, 4.69) is 65.8 Å². The number of aliphatic hydroxyl groups excluding tert-OH is 1. The summed E-state index contributed by atoms with van der Waals surface area (Å²) >= 11 is 0. The maximum atomic E-state index is 13.0. The van der Waals surface area contributed by atoms with Crippen molar-refractivity contribution in [3.05, 3.63) is 71.8 Å². The number of esters is 1. The zero-order valence-corrected chi connectivity index (χ0v) is 20.3. The predicted molar refractivity (Wildman–Crippen MR) is 128 cm³/mol. The van der Waals surface area contributed by atoms with Crippen LogP contribution in [0.15, 0.2) is 60.7 Å². The summed E-state index contributed by atoms with van der Waals surface area (Å²) in [6, 6.07) is 20.3. The molecule has 0 aliphatic heterocycles. The molecule has 0 spiro atoms. The number of aliphatic hydroxyl groups is 1. The quantitative estimate of drug-likeness (QED) is 0.368. The topological polar surface area (TPSA) is 59.0 Å². The van der Waals surface area contributed by atoms with Gasteiger partial charge in [0.2, 0.25) is 0 Å². The van der Waals surface area contributed by atoms with E-state index < -0.39 is 12.1 Å². The molecule has 0 aliphatic carbocycles. The van der Waals surface area contributed by atoms with Gasteiger partial charge in [0, 0.05) is 5.54 Å². The first-order valence-corrected chi connectivity index (χ1v) is 11.5. The third kappa shape index (κ3) is 7.44. The molecule has 0 fully saturated rings. The maximum absolute atomic E-state index is 13.0. The number of hydroxylamine groups is 2. The van der Waals surface area contributed by atoms with Crippen LogP contribution in [0.3, 0.4) is 0 Å². The Kier molecular flexibility index (Phi) is 9.88. The molecule has 3 atom stereocenters. The summed E-state index contributed by atoms with van der Waals surface area (Å²) in [5.41, 5.74) is 1.91. The van der Waals surface area contributed by atoms with Crippen LogP contribution in [0.5, 0.6) is 0 Å². The third-order valence-electron chi connectivity index (χ3n) is 5.46. The van der Waals surface area contributed by atoms with Gasteiger partial charge in [0.05, 0.1) is 12.6 Å². The van der Waals surface area contributed by atoms with Crippen molar-refractivity contribution in [1.82, 2.24) is 5.06 Å². The number of nitrogens with zero attached hydrogens (tertiary/aromatic N) is 1. The molecule has 0 heterocycles. The molecule has 1 N–H and O–H groups in total. The van der Waals surface area contributed by atoms with Crippen molar-refractivity contribution in [3.63, 3.8) is 0 Å². The molecule has 0 aromatic heterocycles. The highest BCUT2D eigenvalue weighted by Gasteiger charge is 2.37. The first-order chi connectivity index (χ1) is 15.1. The highest BCUT2D eigenvalue weighted by Crippen LogP contribution is 2.36. The maximum Gasteiger partial charge on any atom is 0.337 e. The van der Waals surface area contributed by atoms with Crippen LogP contribution >= 0.6 is 0 Å². The molecule has 5 nitrogen and oxygen atoms in total. The summed E-state index contributed by atoms with van der Waals surface area (Å²) in [4.78, 5) is 19.5. The first kappa shape index (κ1) is 26.0. The lowest BCUT2D eigenvalue weighted by molar-refractivity contribution is -0.275. The molecular weight excluding hydrogens is 402 g/mol. The van der Waals surface area contributed by atoms with E-state index in [1.165, 1.54) is 0 Å². The summed E-state index contributed by atoms with van der Waals surface area (Å²) in [6.07, 6.45) is -0.318. The van der Waals surface area contributed by atoms with Crippen LogP contribution in [0, 0.1) is 5.92 Å². The molecule has 2 aromatic rings. The van der Waals surface area contributed by atoms with Gasteiger partial charge in [-0.05, 0) is 50.2 Å². The van der Waals surface area contributed by atoms with Crippen LogP contribution in [0.25, 0.3) is 0 Å². The molecule has 3 unspecified atom stereocenters. The number of carbonyl (C=O) groups is 1. The fraction of sp³-hybridized carbons (Fsp3) is 0.519. The molecule has 32 heavy (non-hydrogen) atoms. The first-order valence-electron chi connectivity index (χ1n) is 11.5. The summed E-state index contributed by atoms with van der Waals surface area (Å²) in [7, 11) is 0. The standard InChI is InChI=1S/C27H39NO4/c1-20(2)25(23-15-11-8-12-16-23)28(27(4,5)6)32-24(26(30)31-18-17-29)19-21(3)22-13-9-7-10-14-22/h7-16,20-21,24-25,29H,17-19H2,1-6H3. The Morgan fingerprint density at radius 3 is 1.94 bits per heavy atom. The van der Waals surface area contributed by atoms with Gasteiger partial charge in [0.25, 0.3) is 0 Å². The summed E-state index contributed by atoms with van der Waals surface area (Å²) in [6.45, 7) is 12.4. The van der Waals surface area contributed by atoms with Crippen molar-refractivity contribution < 1.29 is 19.5 Å². The van der Waals surface area contributed by atoms with E-state index in [0.29, 0.717) is 6.42 Å². The molecule has 2 aromatic carbocycles. The number of hydrogen-bond donors (Lipinski definition) is 1. The molecule has 0 bridgehead atoms. The van der Waals surface area contributed by atoms with Crippen molar-refractivity contribution in [3.8, 4) is 0 Å². The second kappa shape index (κ2) is 12.1. The van der Waals surface area contributed by atoms with E-state index >= 15 is 0 Å². The van der Waals surface area contributed by atoms with Gasteiger partial charge in [0.15, 0.2) is 6.10 Å². The van der Waals surface area contributed by atoms with Crippen LogP contribution < -0.4 is 0 Å². The highest BCUT2D eigenvalue weighted by molar-refractivity contribution is 5.74. The van der Waals surface area contributed by atoms with E-state index in [9.17, 15) is 4.79 Å². The Labute approximate surface area is 193 Å². The van der Waals surface area contributed by atoms with Crippen molar-refractivity contribution in [2.75, 3.05) is 13.2 Å². The Morgan fingerprint density at radius 1 is 0.938 bits per heavy atom. The van der Waals surface area contributed by atoms with Crippen molar-refractivity contribution in [2.24, 2.45) is 5.92 Å². The smallest absolute Gasteiger partial charge is 0.337 e. The molecule has 0 saturated heterocycles. The number of rotatable bonds is 11. The molecule has 0 aliphatic rings. The van der Waals surface area contributed by atoms with E-state index in [0.717, 1.165) is 11.1 Å². The lowest BCUT2D eigenvalue weighted by Crippen LogP contribution is -2.49. The number of benzene rings is 2. The Bertz CT molecular complexity index is 801. The number of carbonyl (C=O) groups excluding carboxylic acids is 1. The van der Waals surface area contributed by atoms with Crippen LogP contribution in [0.2, 0.25) is 0 Å². The molecular formula is C27H39NO4. The molecule has 5 heteroatoms. The van der Waals surface area contributed by atoms with E-state index in [-0.39, 0.29) is 36.6 Å². The van der Waals surface area contributed by atoms with Gasteiger partial charge in [-0.3, -0.25) is 4.84 Å². The minimum Gasteiger partial charge on any atom is -0.461 e. The molecule has 176 valence electrons. The summed E-state index contributed by atoms with van der Waals surface area (Å²) < 4.78 is 5.31. The largest absolute Gasteiger partial charge is 0.461 e. The fourth-order valence-corrected chi connectivity index (χ4v) is 3.88. The third-order valence-corrected chi connectivity index (χ3v) is 5.46. The average molecular weight is 442 g/mol. The highest BCUT2D eigenvalue weighted by atomic mass is 16.7. The van der Waals surface area contributed by atoms with Gasteiger partial charge in [-0.15, -0.1) is 0 Å². The van der Waals surface area contributed by atoms with Crippen molar-refractivity contribution in [2.45, 2.75) is 71.6 Å². The lowest BCUT2D eigenvalue weighted by atomic mass is 9.92. The normalized spacial score (nSPS) is 14.9. The van der Waals surface area contributed by atoms with Gasteiger partial charge in [-0.2, -0.15) is 5.06 Å². The minimum atomic E-state index is -0.791. The summed E-state index contributed by atoms with van der Waals surface area (Å²) in [5.74, 6) is -0.108. The zero-order valence-electron chi connectivity index (χ0n) is 20.3. The summed E-state index contributed by atoms with van der Waals surface area (Å²) in [5, 5.41) is 11.1. The van der Waals surface area contributed by atoms with Crippen molar-refractivity contribution >= 4 is 5.97 Å². The van der Waals surface area contributed by atoms with Gasteiger partial charge < -0.3 is 9.84 Å². The second-order valence-corrected chi connectivity index (χ2v) is 9.63. The van der Waals surface area contributed by atoms with E-state index in [1.54, 1.807) is 0 Å². The van der Waals surface area contributed by atoms with Gasteiger partial charge in [-0.1, -0.05) is 81.4 Å². The SMILES string of the molecule is CC(CC(ON(C(c1ccccc1)C(C)C)C(C)(C)C)C(=O)OCCO)c1ccccc1. The Morgan fingerprint density at radius 2 is 1.47 bits per heavy atom. The zero-order chi connectivity index (χ0) is 23.7. The number of hydrogen-bond acceptors (Lipinski definition) is 5. The Balaban J connectivity index is 2.37. The van der Waals surface area contributed by atoms with E-state index in [1.807, 2.05) is 41.5 Å². The van der Waals surface area contributed by atoms with E-state index in [4.69, 9.17) is 14.7 Å². The number of ether oxygens (including phenoxy) is 1. The molecule has 2 rings (SSSR count). The second-order valence-electron chi connectivity index (χ2n) is 9.63. The minimum absolute atomic E-state index is 0.0414. The van der Waals surface area contributed by atoms with Crippen LogP contribution in [-0.4, -0.2) is 41.0 Å². The van der Waals surface area contributed by atoms with Crippen molar-refractivity contribution in [1.29, 1.82) is 0 Å². The van der Waals surface area contributed by atoms with Crippen LogP contribution in [0.1, 0.15) is 71.0 Å². The average Bonchev–Trinajstić information content (AvgIpc) is 2.76. The van der Waals surface area contributed by atoms with Gasteiger partial charge >= 0.3 is 5.97 Å². The molecule has 0 amide bonds. The van der Waals surface area contributed by atoms with Crippen LogP contribution in [0.4, 0.5) is 0 Å². The molecule has 0 saturated carbocycles. The lowest BCUT2D eigenvalue weighted by Gasteiger charge is -2.44. The molecule has 0 radical (unpaired) electrons. The van der Waals surface area contributed by atoms with Crippen LogP contribution in [-0.2, 0) is 14.4 Å². The predicted octanol–water partition coefficient (Wildman–Crippen LogP) is 5.51. The van der Waals surface area contributed by atoms with Gasteiger partial charge in [0.1, 0.15) is 6.61 Å².